The van der Waals surface area contributed by atoms with Crippen LogP contribution in [0.4, 0.5) is 4.39 Å². The normalized spacial score (nSPS) is 9.50. The molecule has 0 fully saturated rings. The van der Waals surface area contributed by atoms with Crippen LogP contribution >= 0.6 is 0 Å². The fraction of sp³-hybridized carbons (Fsp3) is 0.222. The van der Waals surface area contributed by atoms with Gasteiger partial charge >= 0.3 is 0 Å². The molecule has 64 valence electrons. The van der Waals surface area contributed by atoms with E-state index in [0.29, 0.717) is 11.3 Å². The van der Waals surface area contributed by atoms with Gasteiger partial charge in [0.25, 0.3) is 0 Å². The van der Waals surface area contributed by atoms with Gasteiger partial charge in [0.1, 0.15) is 5.75 Å². The topological polar surface area (TPSA) is 26.3 Å². The highest BCUT2D eigenvalue weighted by Gasteiger charge is 2.05. The molecule has 0 saturated heterocycles. The molecule has 1 aromatic carbocycles. The molecule has 0 aromatic heterocycles. The predicted octanol–water partition coefficient (Wildman–Crippen LogP) is 2.20. The Balaban J connectivity index is 3.00. The Morgan fingerprint density at radius 2 is 2.17 bits per heavy atom. The number of halogens is 1. The van der Waals surface area contributed by atoms with E-state index < -0.39 is 6.86 Å². The third-order valence-electron chi connectivity index (χ3n) is 1.48. The minimum Gasteiger partial charge on any atom is -0.462 e. The van der Waals surface area contributed by atoms with Crippen molar-refractivity contribution >= 4 is 5.78 Å². The summed E-state index contributed by atoms with van der Waals surface area (Å²) in [5.41, 5.74) is 0.412. The third-order valence-corrected chi connectivity index (χ3v) is 1.48. The van der Waals surface area contributed by atoms with Gasteiger partial charge < -0.3 is 4.74 Å². The summed E-state index contributed by atoms with van der Waals surface area (Å²) in [6, 6.07) is 6.57. The van der Waals surface area contributed by atoms with Gasteiger partial charge in [-0.2, -0.15) is 0 Å². The first kappa shape index (κ1) is 8.71. The number of ketones is 1. The molecular formula is C9H9FO2. The molecule has 0 aliphatic carbocycles. The van der Waals surface area contributed by atoms with E-state index in [0.717, 1.165) is 0 Å². The molecule has 12 heavy (non-hydrogen) atoms. The Labute approximate surface area is 70.0 Å². The van der Waals surface area contributed by atoms with Crippen LogP contribution in [-0.4, -0.2) is 12.6 Å². The molecule has 0 amide bonds. The van der Waals surface area contributed by atoms with E-state index in [2.05, 4.69) is 4.74 Å². The minimum atomic E-state index is -0.912. The summed E-state index contributed by atoms with van der Waals surface area (Å²) in [4.78, 5) is 10.9. The first-order valence-corrected chi connectivity index (χ1v) is 3.54. The summed E-state index contributed by atoms with van der Waals surface area (Å²) < 4.78 is 16.4. The SMILES string of the molecule is CC(=O)c1ccccc1OCF. The van der Waals surface area contributed by atoms with Crippen LogP contribution in [0.15, 0.2) is 24.3 Å². The molecule has 3 heteroatoms. The Hall–Kier alpha value is -1.38. The molecule has 2 nitrogen and oxygen atoms in total. The lowest BCUT2D eigenvalue weighted by molar-refractivity contribution is 0.101. The molecular weight excluding hydrogens is 159 g/mol. The molecule has 0 unspecified atom stereocenters. The van der Waals surface area contributed by atoms with Crippen LogP contribution in [0.5, 0.6) is 5.75 Å². The van der Waals surface area contributed by atoms with E-state index in [-0.39, 0.29) is 5.78 Å². The summed E-state index contributed by atoms with van der Waals surface area (Å²) in [7, 11) is 0. The number of benzene rings is 1. The van der Waals surface area contributed by atoms with Gasteiger partial charge in [-0.3, -0.25) is 4.79 Å². The first-order valence-electron chi connectivity index (χ1n) is 3.54. The Bertz CT molecular complexity index is 284. The lowest BCUT2D eigenvalue weighted by Crippen LogP contribution is -1.99. The molecule has 0 heterocycles. The number of carbonyl (C=O) groups excluding carboxylic acids is 1. The molecule has 0 saturated carbocycles. The number of rotatable bonds is 3. The van der Waals surface area contributed by atoms with Crippen molar-refractivity contribution in [3.63, 3.8) is 0 Å². The highest BCUT2D eigenvalue weighted by atomic mass is 19.1. The third kappa shape index (κ3) is 1.81. The summed E-state index contributed by atoms with van der Waals surface area (Å²) in [6.07, 6.45) is 0. The Morgan fingerprint density at radius 3 is 2.75 bits per heavy atom. The second kappa shape index (κ2) is 3.85. The minimum absolute atomic E-state index is 0.126. The zero-order valence-electron chi connectivity index (χ0n) is 6.71. The van der Waals surface area contributed by atoms with Gasteiger partial charge in [0.05, 0.1) is 5.56 Å². The highest BCUT2D eigenvalue weighted by molar-refractivity contribution is 5.96. The maximum atomic E-state index is 11.8. The van der Waals surface area contributed by atoms with E-state index >= 15 is 0 Å². The fourth-order valence-electron chi connectivity index (χ4n) is 0.942. The number of Topliss-reactive ketones (excluding diaryl/α,β-unsaturated/α-hetero) is 1. The lowest BCUT2D eigenvalue weighted by Gasteiger charge is -2.04. The van der Waals surface area contributed by atoms with Gasteiger partial charge in [0.2, 0.25) is 6.86 Å². The summed E-state index contributed by atoms with van der Waals surface area (Å²) in [6.45, 7) is 0.505. The van der Waals surface area contributed by atoms with Crippen LogP contribution in [0.2, 0.25) is 0 Å². The molecule has 1 aromatic rings. The Morgan fingerprint density at radius 1 is 1.50 bits per heavy atom. The molecule has 0 atom stereocenters. The monoisotopic (exact) mass is 168 g/mol. The van der Waals surface area contributed by atoms with E-state index in [4.69, 9.17) is 0 Å². The quantitative estimate of drug-likeness (QED) is 0.646. The van der Waals surface area contributed by atoms with E-state index in [1.807, 2.05) is 0 Å². The van der Waals surface area contributed by atoms with Gasteiger partial charge in [-0.1, -0.05) is 12.1 Å². The molecule has 0 aliphatic rings. The average molecular weight is 168 g/mol. The highest BCUT2D eigenvalue weighted by Crippen LogP contribution is 2.17. The number of ether oxygens (including phenoxy) is 1. The van der Waals surface area contributed by atoms with Crippen molar-refractivity contribution < 1.29 is 13.9 Å². The van der Waals surface area contributed by atoms with E-state index in [1.54, 1.807) is 24.3 Å². The van der Waals surface area contributed by atoms with Crippen molar-refractivity contribution in [2.75, 3.05) is 6.86 Å². The first-order chi connectivity index (χ1) is 5.75. The van der Waals surface area contributed by atoms with Crippen molar-refractivity contribution in [1.29, 1.82) is 0 Å². The second-order valence-electron chi connectivity index (χ2n) is 2.31. The number of hydrogen-bond donors (Lipinski definition) is 0. The Kier molecular flexibility index (Phi) is 2.80. The van der Waals surface area contributed by atoms with Crippen LogP contribution in [-0.2, 0) is 0 Å². The summed E-state index contributed by atoms with van der Waals surface area (Å²) >= 11 is 0. The average Bonchev–Trinajstić information content (AvgIpc) is 2.05. The van der Waals surface area contributed by atoms with Crippen molar-refractivity contribution in [3.8, 4) is 5.75 Å². The van der Waals surface area contributed by atoms with Gasteiger partial charge in [-0.15, -0.1) is 0 Å². The van der Waals surface area contributed by atoms with Gasteiger partial charge in [0.15, 0.2) is 5.78 Å². The number of alkyl halides is 1. The molecule has 0 radical (unpaired) electrons. The molecule has 0 spiro atoms. The van der Waals surface area contributed by atoms with Gasteiger partial charge in [0, 0.05) is 0 Å². The zero-order valence-corrected chi connectivity index (χ0v) is 6.71. The van der Waals surface area contributed by atoms with Crippen LogP contribution < -0.4 is 4.74 Å². The number of carbonyl (C=O) groups is 1. The van der Waals surface area contributed by atoms with Crippen LogP contribution in [0, 0.1) is 0 Å². The van der Waals surface area contributed by atoms with E-state index in [1.165, 1.54) is 6.92 Å². The van der Waals surface area contributed by atoms with Crippen LogP contribution in [0.1, 0.15) is 17.3 Å². The lowest BCUT2D eigenvalue weighted by atomic mass is 10.1. The van der Waals surface area contributed by atoms with Crippen molar-refractivity contribution in [1.82, 2.24) is 0 Å². The predicted molar refractivity (Wildman–Crippen MR) is 43.0 cm³/mol. The van der Waals surface area contributed by atoms with E-state index in [9.17, 15) is 9.18 Å². The number of hydrogen-bond acceptors (Lipinski definition) is 2. The second-order valence-corrected chi connectivity index (χ2v) is 2.31. The van der Waals surface area contributed by atoms with Crippen molar-refractivity contribution in [3.05, 3.63) is 29.8 Å². The largest absolute Gasteiger partial charge is 0.462 e. The molecule has 0 aliphatic heterocycles. The van der Waals surface area contributed by atoms with Crippen LogP contribution in [0.3, 0.4) is 0 Å². The molecule has 0 bridgehead atoms. The van der Waals surface area contributed by atoms with Gasteiger partial charge in [-0.25, -0.2) is 4.39 Å². The summed E-state index contributed by atoms with van der Waals surface area (Å²) in [5.74, 6) is 0.173. The smallest absolute Gasteiger partial charge is 0.228 e. The standard InChI is InChI=1S/C9H9FO2/c1-7(11)8-4-2-3-5-9(8)12-6-10/h2-5H,6H2,1H3. The van der Waals surface area contributed by atoms with Crippen molar-refractivity contribution in [2.45, 2.75) is 6.92 Å². The molecule has 1 rings (SSSR count). The number of para-hydroxylation sites is 1. The maximum Gasteiger partial charge on any atom is 0.228 e. The van der Waals surface area contributed by atoms with Crippen molar-refractivity contribution in [2.24, 2.45) is 0 Å². The maximum absolute atomic E-state index is 11.8. The summed E-state index contributed by atoms with van der Waals surface area (Å²) in [5, 5.41) is 0. The molecule has 0 N–H and O–H groups in total. The van der Waals surface area contributed by atoms with Gasteiger partial charge in [-0.05, 0) is 19.1 Å². The fourth-order valence-corrected chi connectivity index (χ4v) is 0.942. The van der Waals surface area contributed by atoms with Crippen LogP contribution in [0.25, 0.3) is 0 Å². The zero-order chi connectivity index (χ0) is 8.97.